The van der Waals surface area contributed by atoms with Crippen molar-refractivity contribution < 1.29 is 0 Å². The van der Waals surface area contributed by atoms with Crippen molar-refractivity contribution >= 4 is 22.8 Å². The molecule has 0 radical (unpaired) electrons. The molecule has 1 atom stereocenters. The highest BCUT2D eigenvalue weighted by Crippen LogP contribution is 2.29. The van der Waals surface area contributed by atoms with Crippen LogP contribution >= 0.6 is 11.6 Å². The summed E-state index contributed by atoms with van der Waals surface area (Å²) in [6.07, 6.45) is 1.03. The summed E-state index contributed by atoms with van der Waals surface area (Å²) in [6.45, 7) is 6.08. The van der Waals surface area contributed by atoms with E-state index in [0.717, 1.165) is 34.8 Å². The molecule has 4 nitrogen and oxygen atoms in total. The average molecular weight is 303 g/mol. The second-order valence-electron chi connectivity index (χ2n) is 5.32. The third kappa shape index (κ3) is 2.23. The molecule has 0 N–H and O–H groups in total. The highest BCUT2D eigenvalue weighted by molar-refractivity contribution is 6.20. The van der Waals surface area contributed by atoms with Gasteiger partial charge in [-0.2, -0.15) is 5.10 Å². The Morgan fingerprint density at radius 3 is 2.48 bits per heavy atom. The van der Waals surface area contributed by atoms with Gasteiger partial charge in [0, 0.05) is 12.7 Å². The standard InChI is InChI=1S/C16H19ClN4/c1-5-12-6-8-13(9-7-12)21-15(10(2)17)18-14-11(3)19-20(4)16(14)21/h6-10H,5H2,1-4H3. The lowest BCUT2D eigenvalue weighted by molar-refractivity contribution is 0.748. The molecule has 21 heavy (non-hydrogen) atoms. The first kappa shape index (κ1) is 14.1. The highest BCUT2D eigenvalue weighted by Gasteiger charge is 2.21. The van der Waals surface area contributed by atoms with Crippen LogP contribution in [0.15, 0.2) is 24.3 Å². The summed E-state index contributed by atoms with van der Waals surface area (Å²) in [5.41, 5.74) is 5.21. The maximum Gasteiger partial charge on any atom is 0.163 e. The summed E-state index contributed by atoms with van der Waals surface area (Å²) >= 11 is 6.34. The number of benzene rings is 1. The fourth-order valence-corrected chi connectivity index (χ4v) is 2.84. The molecule has 0 amide bonds. The fourth-order valence-electron chi connectivity index (χ4n) is 2.69. The van der Waals surface area contributed by atoms with Gasteiger partial charge in [-0.1, -0.05) is 19.1 Å². The Hall–Kier alpha value is -1.81. The van der Waals surface area contributed by atoms with E-state index in [9.17, 15) is 0 Å². The van der Waals surface area contributed by atoms with Gasteiger partial charge in [-0.05, 0) is 38.0 Å². The van der Waals surface area contributed by atoms with Crippen LogP contribution in [0.2, 0.25) is 0 Å². The summed E-state index contributed by atoms with van der Waals surface area (Å²) < 4.78 is 3.97. The number of halogens is 1. The van der Waals surface area contributed by atoms with Gasteiger partial charge in [0.05, 0.1) is 11.1 Å². The number of aromatic nitrogens is 4. The molecule has 1 aromatic carbocycles. The Labute approximate surface area is 129 Å². The molecule has 5 heteroatoms. The maximum atomic E-state index is 6.34. The zero-order valence-corrected chi connectivity index (χ0v) is 13.5. The first-order chi connectivity index (χ1) is 10.0. The first-order valence-electron chi connectivity index (χ1n) is 7.18. The summed E-state index contributed by atoms with van der Waals surface area (Å²) in [7, 11) is 1.94. The molecule has 0 saturated carbocycles. The molecule has 2 heterocycles. The summed E-state index contributed by atoms with van der Waals surface area (Å²) in [6, 6.07) is 8.52. The van der Waals surface area contributed by atoms with Crippen molar-refractivity contribution in [1.82, 2.24) is 19.3 Å². The van der Waals surface area contributed by atoms with Gasteiger partial charge < -0.3 is 0 Å². The monoisotopic (exact) mass is 302 g/mol. The van der Waals surface area contributed by atoms with Crippen molar-refractivity contribution in [3.63, 3.8) is 0 Å². The van der Waals surface area contributed by atoms with Crippen LogP contribution in [0, 0.1) is 6.92 Å². The van der Waals surface area contributed by atoms with E-state index in [1.807, 2.05) is 25.6 Å². The first-order valence-corrected chi connectivity index (χ1v) is 7.62. The Morgan fingerprint density at radius 1 is 1.24 bits per heavy atom. The zero-order valence-electron chi connectivity index (χ0n) is 12.8. The minimum absolute atomic E-state index is 0.164. The number of aryl methyl sites for hydroxylation is 3. The van der Waals surface area contributed by atoms with E-state index in [-0.39, 0.29) is 5.38 Å². The van der Waals surface area contributed by atoms with Crippen LogP contribution in [-0.2, 0) is 13.5 Å². The third-order valence-corrected chi connectivity index (χ3v) is 3.98. The van der Waals surface area contributed by atoms with Crippen LogP contribution in [-0.4, -0.2) is 19.3 Å². The van der Waals surface area contributed by atoms with Gasteiger partial charge in [-0.3, -0.25) is 4.57 Å². The van der Waals surface area contributed by atoms with Gasteiger partial charge in [0.1, 0.15) is 11.3 Å². The van der Waals surface area contributed by atoms with Crippen LogP contribution in [0.4, 0.5) is 0 Å². The van der Waals surface area contributed by atoms with Crippen molar-refractivity contribution in [3.05, 3.63) is 41.3 Å². The Morgan fingerprint density at radius 2 is 1.90 bits per heavy atom. The number of alkyl halides is 1. The molecule has 0 aliphatic carbocycles. The molecule has 2 aromatic heterocycles. The number of imidazole rings is 1. The molecule has 1 unspecified atom stereocenters. The Bertz CT molecular complexity index is 781. The second kappa shape index (κ2) is 5.19. The zero-order chi connectivity index (χ0) is 15.1. The van der Waals surface area contributed by atoms with E-state index >= 15 is 0 Å². The number of hydrogen-bond acceptors (Lipinski definition) is 2. The van der Waals surface area contributed by atoms with E-state index in [4.69, 9.17) is 16.6 Å². The number of nitrogens with zero attached hydrogens (tertiary/aromatic N) is 4. The lowest BCUT2D eigenvalue weighted by atomic mass is 10.1. The minimum atomic E-state index is -0.164. The molecule has 0 fully saturated rings. The van der Waals surface area contributed by atoms with Crippen molar-refractivity contribution in [3.8, 4) is 5.69 Å². The topological polar surface area (TPSA) is 35.6 Å². The van der Waals surface area contributed by atoms with Gasteiger partial charge >= 0.3 is 0 Å². The predicted octanol–water partition coefficient (Wildman–Crippen LogP) is 3.93. The molecule has 110 valence electrons. The van der Waals surface area contributed by atoms with E-state index < -0.39 is 0 Å². The maximum absolute atomic E-state index is 6.34. The SMILES string of the molecule is CCc1ccc(-n2c(C(C)Cl)nc3c(C)nn(C)c32)cc1. The average Bonchev–Trinajstić information content (AvgIpc) is 2.99. The molecular weight excluding hydrogens is 284 g/mol. The molecule has 0 spiro atoms. The summed E-state index contributed by atoms with van der Waals surface area (Å²) in [4.78, 5) is 4.70. The molecular formula is C16H19ClN4. The van der Waals surface area contributed by atoms with E-state index in [1.165, 1.54) is 5.56 Å². The fraction of sp³-hybridized carbons (Fsp3) is 0.375. The molecule has 3 aromatic rings. The van der Waals surface area contributed by atoms with Crippen LogP contribution in [0.3, 0.4) is 0 Å². The molecule has 0 aliphatic rings. The number of rotatable bonds is 3. The van der Waals surface area contributed by atoms with Crippen LogP contribution in [0.25, 0.3) is 16.9 Å². The van der Waals surface area contributed by atoms with E-state index in [0.29, 0.717) is 0 Å². The Balaban J connectivity index is 2.29. The molecule has 0 aliphatic heterocycles. The molecule has 3 rings (SSSR count). The summed E-state index contributed by atoms with van der Waals surface area (Å²) in [5.74, 6) is 0.854. The number of fused-ring (bicyclic) bond motifs is 1. The van der Waals surface area contributed by atoms with Crippen molar-refractivity contribution in [2.24, 2.45) is 7.05 Å². The Kier molecular flexibility index (Phi) is 3.49. The lowest BCUT2D eigenvalue weighted by Crippen LogP contribution is -2.06. The highest BCUT2D eigenvalue weighted by atomic mass is 35.5. The minimum Gasteiger partial charge on any atom is -0.280 e. The largest absolute Gasteiger partial charge is 0.280 e. The van der Waals surface area contributed by atoms with Crippen LogP contribution in [0.1, 0.15) is 36.3 Å². The summed E-state index contributed by atoms with van der Waals surface area (Å²) in [5, 5.41) is 4.30. The van der Waals surface area contributed by atoms with Crippen LogP contribution in [0.5, 0.6) is 0 Å². The van der Waals surface area contributed by atoms with Gasteiger partial charge in [0.2, 0.25) is 0 Å². The molecule has 0 bridgehead atoms. The lowest BCUT2D eigenvalue weighted by Gasteiger charge is -2.11. The van der Waals surface area contributed by atoms with Crippen molar-refractivity contribution in [1.29, 1.82) is 0 Å². The van der Waals surface area contributed by atoms with Gasteiger partial charge in [0.25, 0.3) is 0 Å². The van der Waals surface area contributed by atoms with Crippen molar-refractivity contribution in [2.75, 3.05) is 0 Å². The quantitative estimate of drug-likeness (QED) is 0.687. The van der Waals surface area contributed by atoms with Crippen LogP contribution < -0.4 is 0 Å². The van der Waals surface area contributed by atoms with E-state index in [2.05, 4.69) is 40.9 Å². The van der Waals surface area contributed by atoms with Gasteiger partial charge in [-0.25, -0.2) is 9.67 Å². The second-order valence-corrected chi connectivity index (χ2v) is 5.98. The third-order valence-electron chi connectivity index (χ3n) is 3.79. The number of hydrogen-bond donors (Lipinski definition) is 0. The van der Waals surface area contributed by atoms with Gasteiger partial charge in [-0.15, -0.1) is 11.6 Å². The smallest absolute Gasteiger partial charge is 0.163 e. The van der Waals surface area contributed by atoms with E-state index in [1.54, 1.807) is 0 Å². The molecule has 0 saturated heterocycles. The predicted molar refractivity (Wildman–Crippen MR) is 86.2 cm³/mol. The van der Waals surface area contributed by atoms with Crippen molar-refractivity contribution in [2.45, 2.75) is 32.6 Å². The normalized spacial score (nSPS) is 13.0. The van der Waals surface area contributed by atoms with Gasteiger partial charge in [0.15, 0.2) is 5.65 Å².